The molecule has 4 aromatic carbocycles. The molecule has 0 saturated carbocycles. The average Bonchev–Trinajstić information content (AvgIpc) is 3.74. The molecule has 6 aromatic rings. The molecule has 2 atom stereocenters. The van der Waals surface area contributed by atoms with Gasteiger partial charge in [0.1, 0.15) is 17.6 Å². The van der Waals surface area contributed by atoms with Crippen LogP contribution in [0.25, 0.3) is 21.8 Å². The molecular formula is C50H52Cl2N2O14. The van der Waals surface area contributed by atoms with Crippen LogP contribution < -0.4 is 9.47 Å². The third-order valence-corrected chi connectivity index (χ3v) is 11.2. The molecule has 0 radical (unpaired) electrons. The van der Waals surface area contributed by atoms with E-state index in [1.807, 2.05) is 0 Å². The van der Waals surface area contributed by atoms with Crippen molar-refractivity contribution in [2.45, 2.75) is 65.6 Å². The number of nitrogens with zero attached hydrogens (tertiary/aromatic N) is 2. The second-order valence-electron chi connectivity index (χ2n) is 15.5. The van der Waals surface area contributed by atoms with Crippen LogP contribution in [0.4, 0.5) is 0 Å². The van der Waals surface area contributed by atoms with Crippen molar-refractivity contribution in [2.75, 3.05) is 40.6 Å². The molecule has 0 amide bonds. The molecule has 360 valence electrons. The van der Waals surface area contributed by atoms with Crippen LogP contribution in [0.1, 0.15) is 69.9 Å². The third-order valence-electron chi connectivity index (χ3n) is 10.7. The number of methoxy groups -OCH3 is 2. The lowest BCUT2D eigenvalue weighted by Crippen LogP contribution is -2.22. The summed E-state index contributed by atoms with van der Waals surface area (Å²) in [5.74, 6) is -2.09. The monoisotopic (exact) mass is 974 g/mol. The van der Waals surface area contributed by atoms with Gasteiger partial charge in [0.25, 0.3) is 11.8 Å². The molecule has 0 bridgehead atoms. The molecule has 18 heteroatoms. The van der Waals surface area contributed by atoms with Gasteiger partial charge in [-0.05, 0) is 124 Å². The summed E-state index contributed by atoms with van der Waals surface area (Å²) in [5.41, 5.74) is 4.41. The van der Waals surface area contributed by atoms with E-state index in [1.165, 1.54) is 23.4 Å². The number of hydrogen-bond donors (Lipinski definition) is 2. The van der Waals surface area contributed by atoms with E-state index < -0.39 is 49.3 Å². The molecular weight excluding hydrogens is 923 g/mol. The lowest BCUT2D eigenvalue weighted by molar-refractivity contribution is -0.161. The van der Waals surface area contributed by atoms with Crippen LogP contribution in [0, 0.1) is 13.8 Å². The molecule has 2 N–H and O–H groups in total. The Balaban J connectivity index is 0.000000254. The first kappa shape index (κ1) is 52.3. The summed E-state index contributed by atoms with van der Waals surface area (Å²) >= 11 is 11.9. The Morgan fingerprint density at radius 3 is 1.41 bits per heavy atom. The SMILES string of the molecule is COc1ccc2c(c1)c(CC(=O)OCC(=O)OC(C)CCO)c(C)n2C(=O)c1ccc(Cl)cc1.COc1ccc2c(c1)c(CC(=O)OCC(=O)OCCC(C)O)c(C)n2C(=O)c1ccc(Cl)cc1. The predicted octanol–water partition coefficient (Wildman–Crippen LogP) is 7.40. The first-order valence-electron chi connectivity index (χ1n) is 21.4. The molecule has 0 fully saturated rings. The van der Waals surface area contributed by atoms with Crippen molar-refractivity contribution in [3.63, 3.8) is 0 Å². The van der Waals surface area contributed by atoms with E-state index in [-0.39, 0.29) is 37.9 Å². The minimum absolute atomic E-state index is 0.0350. The third kappa shape index (κ3) is 13.5. The summed E-state index contributed by atoms with van der Waals surface area (Å²) in [4.78, 5) is 75.3. The van der Waals surface area contributed by atoms with Crippen molar-refractivity contribution in [1.29, 1.82) is 0 Å². The van der Waals surface area contributed by atoms with Crippen LogP contribution in [-0.4, -0.2) is 108 Å². The van der Waals surface area contributed by atoms with Crippen molar-refractivity contribution in [1.82, 2.24) is 9.13 Å². The second kappa shape index (κ2) is 24.3. The second-order valence-corrected chi connectivity index (χ2v) is 16.4. The van der Waals surface area contributed by atoms with E-state index in [4.69, 9.17) is 56.7 Å². The van der Waals surface area contributed by atoms with Crippen LogP contribution in [0.15, 0.2) is 84.9 Å². The summed E-state index contributed by atoms with van der Waals surface area (Å²) in [6.07, 6.45) is -0.803. The van der Waals surface area contributed by atoms with Gasteiger partial charge in [-0.15, -0.1) is 0 Å². The highest BCUT2D eigenvalue weighted by Crippen LogP contribution is 2.33. The van der Waals surface area contributed by atoms with E-state index in [2.05, 4.69) is 0 Å². The van der Waals surface area contributed by atoms with Crippen LogP contribution in [0.3, 0.4) is 0 Å². The van der Waals surface area contributed by atoms with Crippen molar-refractivity contribution >= 4 is 80.7 Å². The molecule has 6 rings (SSSR count). The standard InChI is InChI=1S/2C25H26ClNO7/c1-15(28)10-11-33-24(30)14-34-23(29)13-20-16(2)27(22-9-8-19(32-3)12-21(20)22)25(31)17-4-6-18(26)7-5-17;1-15(10-11-28)34-24(30)14-33-23(29)13-20-16(2)27(22-9-8-19(32-3)12-21(20)22)25(31)17-4-6-18(26)7-5-17/h2*4-9,12,15,28H,10-11,13-14H2,1-3H3. The van der Waals surface area contributed by atoms with Crippen molar-refractivity contribution < 1.29 is 67.4 Å². The maximum Gasteiger partial charge on any atom is 0.344 e. The topological polar surface area (TPSA) is 208 Å². The molecule has 0 spiro atoms. The van der Waals surface area contributed by atoms with Crippen LogP contribution in [0.2, 0.25) is 10.0 Å². The fourth-order valence-electron chi connectivity index (χ4n) is 7.15. The number of aromatic nitrogens is 2. The van der Waals surface area contributed by atoms with Gasteiger partial charge in [0.05, 0.1) is 50.8 Å². The molecule has 0 aliphatic rings. The smallest absolute Gasteiger partial charge is 0.344 e. The molecule has 2 heterocycles. The summed E-state index contributed by atoms with van der Waals surface area (Å²) in [6, 6.07) is 23.6. The highest BCUT2D eigenvalue weighted by Gasteiger charge is 2.25. The van der Waals surface area contributed by atoms with Crippen LogP contribution in [-0.2, 0) is 51.0 Å². The number of halogens is 2. The number of ether oxygens (including phenoxy) is 6. The predicted molar refractivity (Wildman–Crippen MR) is 253 cm³/mol. The Kier molecular flexibility index (Phi) is 18.7. The fraction of sp³-hybridized carbons (Fsp3) is 0.320. The lowest BCUT2D eigenvalue weighted by Gasteiger charge is -2.12. The highest BCUT2D eigenvalue weighted by molar-refractivity contribution is 6.31. The lowest BCUT2D eigenvalue weighted by atomic mass is 10.1. The normalized spacial score (nSPS) is 11.8. The zero-order valence-electron chi connectivity index (χ0n) is 38.3. The van der Waals surface area contributed by atoms with E-state index in [0.29, 0.717) is 89.8 Å². The average molecular weight is 976 g/mol. The Morgan fingerprint density at radius 2 is 1.01 bits per heavy atom. The fourth-order valence-corrected chi connectivity index (χ4v) is 7.40. The highest BCUT2D eigenvalue weighted by atomic mass is 35.5. The van der Waals surface area contributed by atoms with E-state index in [1.54, 1.807) is 113 Å². The van der Waals surface area contributed by atoms with E-state index in [0.717, 1.165) is 0 Å². The molecule has 2 unspecified atom stereocenters. The Morgan fingerprint density at radius 1 is 0.588 bits per heavy atom. The largest absolute Gasteiger partial charge is 0.497 e. The number of esters is 4. The van der Waals surface area contributed by atoms with Gasteiger partial charge in [-0.1, -0.05) is 23.2 Å². The number of benzene rings is 4. The first-order valence-corrected chi connectivity index (χ1v) is 22.1. The maximum absolute atomic E-state index is 13.3. The zero-order valence-corrected chi connectivity index (χ0v) is 39.9. The maximum atomic E-state index is 13.3. The van der Waals surface area contributed by atoms with Gasteiger partial charge in [-0.25, -0.2) is 9.59 Å². The molecule has 68 heavy (non-hydrogen) atoms. The summed E-state index contributed by atoms with van der Waals surface area (Å²) in [7, 11) is 3.06. The van der Waals surface area contributed by atoms with Gasteiger partial charge in [-0.2, -0.15) is 0 Å². The Hall–Kier alpha value is -6.72. The van der Waals surface area contributed by atoms with Gasteiger partial charge in [-0.3, -0.25) is 28.3 Å². The molecule has 0 saturated heterocycles. The van der Waals surface area contributed by atoms with Gasteiger partial charge >= 0.3 is 23.9 Å². The number of aliphatic hydroxyl groups is 2. The van der Waals surface area contributed by atoms with E-state index >= 15 is 0 Å². The Labute approximate surface area is 402 Å². The number of hydrogen-bond acceptors (Lipinski definition) is 14. The number of rotatable bonds is 18. The van der Waals surface area contributed by atoms with Gasteiger partial charge in [0.2, 0.25) is 0 Å². The van der Waals surface area contributed by atoms with Gasteiger partial charge in [0, 0.05) is 62.8 Å². The number of fused-ring (bicyclic) bond motifs is 2. The minimum Gasteiger partial charge on any atom is -0.497 e. The van der Waals surface area contributed by atoms with Crippen molar-refractivity contribution in [2.24, 2.45) is 0 Å². The Bertz CT molecular complexity index is 2780. The van der Waals surface area contributed by atoms with Crippen molar-refractivity contribution in [3.8, 4) is 11.5 Å². The number of aliphatic hydroxyl groups excluding tert-OH is 2. The van der Waals surface area contributed by atoms with Gasteiger partial charge in [0.15, 0.2) is 13.2 Å². The number of carbonyl (C=O) groups excluding carboxylic acids is 6. The summed E-state index contributed by atoms with van der Waals surface area (Å²) < 4.78 is 33.9. The number of carbonyl (C=O) groups is 6. The molecule has 0 aliphatic heterocycles. The van der Waals surface area contributed by atoms with Crippen LogP contribution >= 0.6 is 23.2 Å². The van der Waals surface area contributed by atoms with Crippen molar-refractivity contribution in [3.05, 3.63) is 129 Å². The quantitative estimate of drug-likeness (QED) is 0.0636. The van der Waals surface area contributed by atoms with Crippen LogP contribution in [0.5, 0.6) is 11.5 Å². The molecule has 2 aromatic heterocycles. The van der Waals surface area contributed by atoms with E-state index in [9.17, 15) is 33.9 Å². The first-order chi connectivity index (χ1) is 32.4. The molecule has 16 nitrogen and oxygen atoms in total. The zero-order chi connectivity index (χ0) is 49.7. The van der Waals surface area contributed by atoms with Gasteiger partial charge < -0.3 is 38.6 Å². The molecule has 0 aliphatic carbocycles. The summed E-state index contributed by atoms with van der Waals surface area (Å²) in [6.45, 7) is 5.55. The summed E-state index contributed by atoms with van der Waals surface area (Å²) in [5, 5.41) is 20.5. The minimum atomic E-state index is -0.701.